The quantitative estimate of drug-likeness (QED) is 0.741. The SMILES string of the molecule is CC(C)(C)C(=O)c1ccccc1OC(F)(F)F. The van der Waals surface area contributed by atoms with Crippen LogP contribution in [0.1, 0.15) is 31.1 Å². The number of para-hydroxylation sites is 1. The molecule has 0 aliphatic heterocycles. The normalized spacial score (nSPS) is 12.4. The highest BCUT2D eigenvalue weighted by molar-refractivity contribution is 6.02. The monoisotopic (exact) mass is 246 g/mol. The molecule has 17 heavy (non-hydrogen) atoms. The summed E-state index contributed by atoms with van der Waals surface area (Å²) in [6.45, 7) is 4.92. The van der Waals surface area contributed by atoms with E-state index in [1.807, 2.05) is 0 Å². The Hall–Kier alpha value is -1.52. The first-order valence-electron chi connectivity index (χ1n) is 5.01. The zero-order valence-corrected chi connectivity index (χ0v) is 9.76. The number of benzene rings is 1. The van der Waals surface area contributed by atoms with Gasteiger partial charge in [-0.3, -0.25) is 4.79 Å². The molecule has 0 aliphatic rings. The van der Waals surface area contributed by atoms with Gasteiger partial charge in [0, 0.05) is 5.41 Å². The number of carbonyl (C=O) groups excluding carboxylic acids is 1. The highest BCUT2D eigenvalue weighted by Gasteiger charge is 2.34. The van der Waals surface area contributed by atoms with Gasteiger partial charge < -0.3 is 4.74 Å². The van der Waals surface area contributed by atoms with Crippen molar-refractivity contribution in [1.82, 2.24) is 0 Å². The summed E-state index contributed by atoms with van der Waals surface area (Å²) in [4.78, 5) is 11.9. The number of hydrogen-bond donors (Lipinski definition) is 0. The van der Waals surface area contributed by atoms with Crippen molar-refractivity contribution in [2.24, 2.45) is 5.41 Å². The smallest absolute Gasteiger partial charge is 0.405 e. The third-order valence-corrected chi connectivity index (χ3v) is 2.04. The van der Waals surface area contributed by atoms with Crippen LogP contribution in [0.4, 0.5) is 13.2 Å². The highest BCUT2D eigenvalue weighted by atomic mass is 19.4. The lowest BCUT2D eigenvalue weighted by Gasteiger charge is -2.19. The molecular formula is C12H13F3O2. The van der Waals surface area contributed by atoms with Gasteiger partial charge in [-0.1, -0.05) is 32.9 Å². The molecule has 0 spiro atoms. The number of rotatable bonds is 2. The molecule has 0 saturated heterocycles. The van der Waals surface area contributed by atoms with Crippen LogP contribution >= 0.6 is 0 Å². The molecule has 5 heteroatoms. The predicted octanol–water partition coefficient (Wildman–Crippen LogP) is 3.81. The Morgan fingerprint density at radius 3 is 2.12 bits per heavy atom. The number of ketones is 1. The molecule has 2 nitrogen and oxygen atoms in total. The minimum Gasteiger partial charge on any atom is -0.405 e. The summed E-state index contributed by atoms with van der Waals surface area (Å²) in [5, 5.41) is 0. The first kappa shape index (κ1) is 13.5. The van der Waals surface area contributed by atoms with Gasteiger partial charge in [0.1, 0.15) is 5.75 Å². The molecule has 0 aromatic heterocycles. The van der Waals surface area contributed by atoms with E-state index in [4.69, 9.17) is 0 Å². The Labute approximate surface area is 97.4 Å². The fourth-order valence-corrected chi connectivity index (χ4v) is 1.27. The van der Waals surface area contributed by atoms with Crippen LogP contribution in [0.2, 0.25) is 0 Å². The third-order valence-electron chi connectivity index (χ3n) is 2.04. The average molecular weight is 246 g/mol. The molecule has 1 aromatic carbocycles. The molecule has 0 amide bonds. The summed E-state index contributed by atoms with van der Waals surface area (Å²) in [7, 11) is 0. The van der Waals surface area contributed by atoms with Gasteiger partial charge in [-0.25, -0.2) is 0 Å². The lowest BCUT2D eigenvalue weighted by Crippen LogP contribution is -2.24. The molecule has 94 valence electrons. The van der Waals surface area contributed by atoms with Crippen molar-refractivity contribution in [2.45, 2.75) is 27.1 Å². The van der Waals surface area contributed by atoms with E-state index in [1.54, 1.807) is 20.8 Å². The maximum atomic E-state index is 12.1. The Balaban J connectivity index is 3.13. The summed E-state index contributed by atoms with van der Waals surface area (Å²) in [6.07, 6.45) is -4.80. The molecule has 0 saturated carbocycles. The van der Waals surface area contributed by atoms with E-state index < -0.39 is 23.3 Å². The Morgan fingerprint density at radius 1 is 1.12 bits per heavy atom. The molecule has 0 heterocycles. The Bertz CT molecular complexity index is 416. The van der Waals surface area contributed by atoms with Crippen LogP contribution in [0, 0.1) is 5.41 Å². The molecular weight excluding hydrogens is 233 g/mol. The van der Waals surface area contributed by atoms with E-state index in [2.05, 4.69) is 4.74 Å². The van der Waals surface area contributed by atoms with Gasteiger partial charge in [0.2, 0.25) is 0 Å². The van der Waals surface area contributed by atoms with Crippen LogP contribution in [0.3, 0.4) is 0 Å². The van der Waals surface area contributed by atoms with Crippen molar-refractivity contribution in [3.8, 4) is 5.75 Å². The third kappa shape index (κ3) is 3.76. The van der Waals surface area contributed by atoms with Crippen molar-refractivity contribution in [3.63, 3.8) is 0 Å². The number of hydrogen-bond acceptors (Lipinski definition) is 2. The van der Waals surface area contributed by atoms with Crippen LogP contribution in [0.25, 0.3) is 0 Å². The maximum Gasteiger partial charge on any atom is 0.573 e. The van der Waals surface area contributed by atoms with E-state index in [0.717, 1.165) is 6.07 Å². The summed E-state index contributed by atoms with van der Waals surface area (Å²) < 4.78 is 40.3. The summed E-state index contributed by atoms with van der Waals surface area (Å²) in [6, 6.07) is 5.35. The second-order valence-electron chi connectivity index (χ2n) is 4.62. The van der Waals surface area contributed by atoms with Crippen LogP contribution < -0.4 is 4.74 Å². The lowest BCUT2D eigenvalue weighted by molar-refractivity contribution is -0.274. The molecule has 0 unspecified atom stereocenters. The van der Waals surface area contributed by atoms with Gasteiger partial charge in [-0.05, 0) is 12.1 Å². The topological polar surface area (TPSA) is 26.3 Å². The second kappa shape index (κ2) is 4.39. The minimum absolute atomic E-state index is 0.0580. The molecule has 1 aromatic rings. The minimum atomic E-state index is -4.80. The van der Waals surface area contributed by atoms with Gasteiger partial charge >= 0.3 is 6.36 Å². The number of carbonyl (C=O) groups is 1. The van der Waals surface area contributed by atoms with Crippen LogP contribution in [-0.2, 0) is 0 Å². The van der Waals surface area contributed by atoms with Gasteiger partial charge in [0.05, 0.1) is 5.56 Å². The van der Waals surface area contributed by atoms with Gasteiger partial charge in [0.15, 0.2) is 5.78 Å². The van der Waals surface area contributed by atoms with Gasteiger partial charge in [-0.15, -0.1) is 13.2 Å². The first-order chi connectivity index (χ1) is 7.61. The summed E-state index contributed by atoms with van der Waals surface area (Å²) in [5.41, 5.74) is -0.817. The van der Waals surface area contributed by atoms with Gasteiger partial charge in [0.25, 0.3) is 0 Å². The van der Waals surface area contributed by atoms with Crippen LogP contribution in [0.5, 0.6) is 5.75 Å². The van der Waals surface area contributed by atoms with E-state index in [0.29, 0.717) is 0 Å². The predicted molar refractivity (Wildman–Crippen MR) is 56.9 cm³/mol. The Kier molecular flexibility index (Phi) is 3.50. The molecule has 0 fully saturated rings. The first-order valence-corrected chi connectivity index (χ1v) is 5.01. The summed E-state index contributed by atoms with van der Waals surface area (Å²) in [5.74, 6) is -0.850. The van der Waals surface area contributed by atoms with Crippen molar-refractivity contribution in [2.75, 3.05) is 0 Å². The molecule has 1 rings (SSSR count). The van der Waals surface area contributed by atoms with Gasteiger partial charge in [-0.2, -0.15) is 0 Å². The van der Waals surface area contributed by atoms with E-state index >= 15 is 0 Å². The fraction of sp³-hybridized carbons (Fsp3) is 0.417. The summed E-state index contributed by atoms with van der Waals surface area (Å²) >= 11 is 0. The number of ether oxygens (including phenoxy) is 1. The molecule has 0 radical (unpaired) electrons. The van der Waals surface area contributed by atoms with Crippen molar-refractivity contribution < 1.29 is 22.7 Å². The fourth-order valence-electron chi connectivity index (χ4n) is 1.27. The number of alkyl halides is 3. The Morgan fingerprint density at radius 2 is 1.65 bits per heavy atom. The van der Waals surface area contributed by atoms with Crippen molar-refractivity contribution in [1.29, 1.82) is 0 Å². The molecule has 0 aliphatic carbocycles. The zero-order chi connectivity index (χ0) is 13.3. The van der Waals surface area contributed by atoms with E-state index in [-0.39, 0.29) is 5.56 Å². The highest BCUT2D eigenvalue weighted by Crippen LogP contribution is 2.30. The van der Waals surface area contributed by atoms with Crippen LogP contribution in [-0.4, -0.2) is 12.1 Å². The van der Waals surface area contributed by atoms with Crippen molar-refractivity contribution in [3.05, 3.63) is 29.8 Å². The second-order valence-corrected chi connectivity index (χ2v) is 4.62. The molecule has 0 N–H and O–H groups in total. The largest absolute Gasteiger partial charge is 0.573 e. The average Bonchev–Trinajstić information content (AvgIpc) is 2.13. The van der Waals surface area contributed by atoms with E-state index in [1.165, 1.54) is 18.2 Å². The molecule has 0 bridgehead atoms. The molecule has 0 atom stereocenters. The van der Waals surface area contributed by atoms with Crippen LogP contribution in [0.15, 0.2) is 24.3 Å². The number of halogens is 3. The lowest BCUT2D eigenvalue weighted by atomic mass is 9.86. The maximum absolute atomic E-state index is 12.1. The zero-order valence-electron chi connectivity index (χ0n) is 9.76. The van der Waals surface area contributed by atoms with E-state index in [9.17, 15) is 18.0 Å². The van der Waals surface area contributed by atoms with Crippen molar-refractivity contribution >= 4 is 5.78 Å². The standard InChI is InChI=1S/C12H13F3O2/c1-11(2,3)10(16)8-6-4-5-7-9(8)17-12(13,14)15/h4-7H,1-3H3. The number of Topliss-reactive ketones (excluding diaryl/α,β-unsaturated/α-hetero) is 1.